The molecule has 0 bridgehead atoms. The van der Waals surface area contributed by atoms with Gasteiger partial charge >= 0.3 is 0 Å². The summed E-state index contributed by atoms with van der Waals surface area (Å²) in [5.41, 5.74) is 9.32. The first-order chi connectivity index (χ1) is 19.4. The van der Waals surface area contributed by atoms with Gasteiger partial charge in [0.2, 0.25) is 0 Å². The Morgan fingerprint density at radius 2 is 1.88 bits per heavy atom. The molecule has 3 heterocycles. The van der Waals surface area contributed by atoms with Gasteiger partial charge in [0.05, 0.1) is 11.4 Å². The lowest BCUT2D eigenvalue weighted by atomic mass is 10.1. The molecule has 1 saturated heterocycles. The number of hydrogen-bond acceptors (Lipinski definition) is 8. The lowest BCUT2D eigenvalue weighted by Gasteiger charge is -2.22. The quantitative estimate of drug-likeness (QED) is 0.221. The van der Waals surface area contributed by atoms with Crippen molar-refractivity contribution in [2.45, 2.75) is 32.7 Å². The van der Waals surface area contributed by atoms with E-state index >= 15 is 0 Å². The van der Waals surface area contributed by atoms with E-state index < -0.39 is 5.82 Å². The summed E-state index contributed by atoms with van der Waals surface area (Å²) < 4.78 is 33.4. The normalized spacial score (nSPS) is 14.9. The number of hydrogen-bond donors (Lipinski definition) is 1. The number of aromatic nitrogens is 4. The maximum Gasteiger partial charge on any atom is 0.164 e. The molecule has 5 rings (SSSR count). The van der Waals surface area contributed by atoms with Crippen LogP contribution < -0.4 is 15.2 Å². The lowest BCUT2D eigenvalue weighted by molar-refractivity contribution is 0.0674. The molecule has 1 aliphatic heterocycles. The smallest absolute Gasteiger partial charge is 0.164 e. The van der Waals surface area contributed by atoms with Crippen LogP contribution in [0.1, 0.15) is 32.7 Å². The van der Waals surface area contributed by atoms with E-state index in [2.05, 4.69) is 26.7 Å². The second-order valence-corrected chi connectivity index (χ2v) is 9.44. The van der Waals surface area contributed by atoms with Crippen LogP contribution in [-0.2, 0) is 4.74 Å². The Balaban J connectivity index is 1.34. The van der Waals surface area contributed by atoms with Gasteiger partial charge in [-0.2, -0.15) is 5.10 Å². The van der Waals surface area contributed by atoms with Crippen LogP contribution in [0.2, 0.25) is 0 Å². The summed E-state index contributed by atoms with van der Waals surface area (Å²) in [5.74, 6) is 1.61. The zero-order valence-corrected chi connectivity index (χ0v) is 22.4. The zero-order valence-electron chi connectivity index (χ0n) is 22.4. The van der Waals surface area contributed by atoms with Crippen molar-refractivity contribution in [1.82, 2.24) is 19.7 Å². The summed E-state index contributed by atoms with van der Waals surface area (Å²) in [5, 5.41) is 5.60. The van der Waals surface area contributed by atoms with E-state index in [1.807, 2.05) is 23.7 Å². The highest BCUT2D eigenvalue weighted by atomic mass is 19.1. The minimum Gasteiger partial charge on any atom is -0.489 e. The number of amidine groups is 1. The molecule has 0 spiro atoms. The standard InChI is InChI=1S/C29H30FN7O3/c1-18(15-33-19(2)32-3)16-39-24-12-21(30)13-25(14-24)40-23-6-4-20(5-7-23)27-26-28(31)34-17-35-29(26)37(36-27)22-8-10-38-11-9-22/h4-7,12-15,17,22H,3,8-11,16H2,1-2H3,(H2,31,34,35). The van der Waals surface area contributed by atoms with Crippen LogP contribution in [0.5, 0.6) is 17.2 Å². The fourth-order valence-corrected chi connectivity index (χ4v) is 4.36. The molecular weight excluding hydrogens is 513 g/mol. The number of rotatable bonds is 8. The Labute approximate surface area is 231 Å². The monoisotopic (exact) mass is 543 g/mol. The second kappa shape index (κ2) is 12.0. The molecule has 10 nitrogen and oxygen atoms in total. The summed E-state index contributed by atoms with van der Waals surface area (Å²) >= 11 is 0. The third kappa shape index (κ3) is 6.15. The van der Waals surface area contributed by atoms with Crippen LogP contribution in [0.3, 0.4) is 0 Å². The summed E-state index contributed by atoms with van der Waals surface area (Å²) in [7, 11) is 0. The minimum atomic E-state index is -0.476. The summed E-state index contributed by atoms with van der Waals surface area (Å²) in [4.78, 5) is 16.5. The molecule has 2 aromatic heterocycles. The van der Waals surface area contributed by atoms with Crippen molar-refractivity contribution in [2.24, 2.45) is 9.98 Å². The van der Waals surface area contributed by atoms with Crippen molar-refractivity contribution in [3.05, 3.63) is 66.4 Å². The van der Waals surface area contributed by atoms with Gasteiger partial charge < -0.3 is 19.9 Å². The van der Waals surface area contributed by atoms with Gasteiger partial charge in [0.1, 0.15) is 53.3 Å². The molecule has 0 unspecified atom stereocenters. The molecule has 2 aromatic carbocycles. The number of halogens is 1. The van der Waals surface area contributed by atoms with Crippen molar-refractivity contribution in [3.8, 4) is 28.5 Å². The van der Waals surface area contributed by atoms with Gasteiger partial charge in [0.25, 0.3) is 0 Å². The molecule has 1 fully saturated rings. The van der Waals surface area contributed by atoms with Gasteiger partial charge in [-0.1, -0.05) is 0 Å². The molecule has 40 heavy (non-hydrogen) atoms. The Morgan fingerprint density at radius 3 is 2.62 bits per heavy atom. The number of nitrogens with two attached hydrogens (primary N) is 1. The third-order valence-electron chi connectivity index (χ3n) is 6.43. The van der Waals surface area contributed by atoms with Gasteiger partial charge in [-0.3, -0.25) is 0 Å². The van der Waals surface area contributed by atoms with Crippen molar-refractivity contribution in [2.75, 3.05) is 25.6 Å². The summed E-state index contributed by atoms with van der Waals surface area (Å²) in [6, 6.07) is 11.7. The molecule has 11 heteroatoms. The number of anilines is 1. The lowest BCUT2D eigenvalue weighted by Crippen LogP contribution is -2.20. The topological polar surface area (TPSA) is 122 Å². The average molecular weight is 544 g/mol. The van der Waals surface area contributed by atoms with E-state index in [4.69, 9.17) is 25.0 Å². The van der Waals surface area contributed by atoms with Crippen LogP contribution in [-0.4, -0.2) is 52.1 Å². The molecule has 0 radical (unpaired) electrons. The zero-order chi connectivity index (χ0) is 28.1. The van der Waals surface area contributed by atoms with Gasteiger partial charge in [-0.05, 0) is 63.2 Å². The number of nitrogens with zero attached hydrogens (tertiary/aromatic N) is 6. The Kier molecular flexibility index (Phi) is 8.11. The maximum atomic E-state index is 14.3. The summed E-state index contributed by atoms with van der Waals surface area (Å²) in [6.07, 6.45) is 4.79. The van der Waals surface area contributed by atoms with E-state index in [1.165, 1.54) is 18.5 Å². The fourth-order valence-electron chi connectivity index (χ4n) is 4.36. The Morgan fingerprint density at radius 1 is 1.12 bits per heavy atom. The van der Waals surface area contributed by atoms with Crippen molar-refractivity contribution in [1.29, 1.82) is 0 Å². The van der Waals surface area contributed by atoms with E-state index in [1.54, 1.807) is 31.3 Å². The molecule has 0 atom stereocenters. The van der Waals surface area contributed by atoms with Crippen molar-refractivity contribution < 1.29 is 18.6 Å². The summed E-state index contributed by atoms with van der Waals surface area (Å²) in [6.45, 7) is 8.61. The number of nitrogen functional groups attached to an aromatic ring is 1. The van der Waals surface area contributed by atoms with Crippen molar-refractivity contribution in [3.63, 3.8) is 0 Å². The highest BCUT2D eigenvalue weighted by Gasteiger charge is 2.24. The predicted octanol–water partition coefficient (Wildman–Crippen LogP) is 5.76. The predicted molar refractivity (Wildman–Crippen MR) is 153 cm³/mol. The van der Waals surface area contributed by atoms with Crippen LogP contribution in [0.25, 0.3) is 22.3 Å². The number of fused-ring (bicyclic) bond motifs is 1. The highest BCUT2D eigenvalue weighted by molar-refractivity contribution is 5.98. The second-order valence-electron chi connectivity index (χ2n) is 9.44. The van der Waals surface area contributed by atoms with E-state index in [0.29, 0.717) is 58.8 Å². The maximum absolute atomic E-state index is 14.3. The third-order valence-corrected chi connectivity index (χ3v) is 6.43. The van der Waals surface area contributed by atoms with Crippen LogP contribution in [0, 0.1) is 5.82 Å². The molecule has 0 aliphatic carbocycles. The van der Waals surface area contributed by atoms with Gasteiger partial charge in [-0.15, -0.1) is 0 Å². The molecule has 0 saturated carbocycles. The highest BCUT2D eigenvalue weighted by Crippen LogP contribution is 2.35. The average Bonchev–Trinajstić information content (AvgIpc) is 3.36. The van der Waals surface area contributed by atoms with E-state index in [9.17, 15) is 4.39 Å². The minimum absolute atomic E-state index is 0.173. The van der Waals surface area contributed by atoms with Crippen LogP contribution >= 0.6 is 0 Å². The van der Waals surface area contributed by atoms with E-state index in [0.717, 1.165) is 24.0 Å². The SMILES string of the molecule is C=NC(C)=NC=C(C)COc1cc(F)cc(Oc2ccc(-c3nn(C4CCOCC4)c4ncnc(N)c34)cc2)c1. The number of aliphatic imine (C=N–C) groups is 2. The Hall–Kier alpha value is -4.64. The molecule has 2 N–H and O–H groups in total. The van der Waals surface area contributed by atoms with Gasteiger partial charge in [-0.25, -0.2) is 29.0 Å². The number of ether oxygens (including phenoxy) is 3. The Bertz CT molecular complexity index is 1570. The number of benzene rings is 2. The fraction of sp³-hybridized carbons (Fsp3) is 0.276. The van der Waals surface area contributed by atoms with Gasteiger partial charge in [0.15, 0.2) is 5.65 Å². The van der Waals surface area contributed by atoms with Crippen molar-refractivity contribution >= 4 is 29.4 Å². The molecule has 4 aromatic rings. The van der Waals surface area contributed by atoms with Crippen LogP contribution in [0.15, 0.2) is 70.5 Å². The first-order valence-electron chi connectivity index (χ1n) is 12.9. The molecule has 1 aliphatic rings. The largest absolute Gasteiger partial charge is 0.489 e. The first-order valence-corrected chi connectivity index (χ1v) is 12.9. The van der Waals surface area contributed by atoms with Gasteiger partial charge in [0, 0.05) is 43.2 Å². The first kappa shape index (κ1) is 26.9. The molecule has 206 valence electrons. The molecule has 0 amide bonds. The molecular formula is C29H30FN7O3. The van der Waals surface area contributed by atoms with Crippen LogP contribution in [0.4, 0.5) is 10.2 Å². The van der Waals surface area contributed by atoms with E-state index in [-0.39, 0.29) is 12.6 Å².